The summed E-state index contributed by atoms with van der Waals surface area (Å²) in [6.07, 6.45) is 1.37. The summed E-state index contributed by atoms with van der Waals surface area (Å²) in [5.41, 5.74) is 0.124. The molecule has 0 aromatic heterocycles. The van der Waals surface area contributed by atoms with E-state index in [-0.39, 0.29) is 28.6 Å². The van der Waals surface area contributed by atoms with Crippen molar-refractivity contribution in [2.45, 2.75) is 72.7 Å². The zero-order valence-corrected chi connectivity index (χ0v) is 22.3. The third-order valence-electron chi connectivity index (χ3n) is 10.0. The molecule has 194 valence electrons. The topological polar surface area (TPSA) is 104 Å². The van der Waals surface area contributed by atoms with Crippen molar-refractivity contribution in [3.63, 3.8) is 0 Å². The first-order valence-corrected chi connectivity index (χ1v) is 13.0. The maximum atomic E-state index is 14.4. The number of carbonyl (C=O) groups excluding carboxylic acids is 2. The molecular weight excluding hydrogens is 456 g/mol. The smallest absolute Gasteiger partial charge is 0.339 e. The van der Waals surface area contributed by atoms with Crippen LogP contribution in [0.5, 0.6) is 0 Å². The fraction of sp³-hybridized carbons (Fsp3) is 0.600. The van der Waals surface area contributed by atoms with Gasteiger partial charge in [0.2, 0.25) is 0 Å². The number of Topliss-reactive ketones (excluding diaryl/α,β-unsaturated/α-hetero) is 1. The van der Waals surface area contributed by atoms with Crippen LogP contribution in [0.3, 0.4) is 0 Å². The van der Waals surface area contributed by atoms with Crippen molar-refractivity contribution in [3.05, 3.63) is 57.7 Å². The normalized spacial score (nSPS) is 40.3. The van der Waals surface area contributed by atoms with Crippen molar-refractivity contribution in [3.8, 4) is 0 Å². The highest BCUT2D eigenvalue weighted by Gasteiger charge is 2.76. The van der Waals surface area contributed by atoms with Gasteiger partial charge >= 0.3 is 5.97 Å². The Morgan fingerprint density at radius 3 is 2.33 bits per heavy atom. The Hall–Kier alpha value is -2.28. The van der Waals surface area contributed by atoms with E-state index in [2.05, 4.69) is 13.8 Å². The number of aliphatic hydroxyl groups excluding tert-OH is 2. The summed E-state index contributed by atoms with van der Waals surface area (Å²) in [6.45, 7) is 13.2. The van der Waals surface area contributed by atoms with Gasteiger partial charge in [0.05, 0.1) is 17.6 Å². The van der Waals surface area contributed by atoms with Crippen molar-refractivity contribution >= 4 is 11.8 Å². The van der Waals surface area contributed by atoms with Crippen LogP contribution >= 0.6 is 0 Å². The number of carbonyl (C=O) groups is 2. The second-order valence-corrected chi connectivity index (χ2v) is 12.4. The molecule has 0 amide bonds. The molecule has 0 aliphatic heterocycles. The Bertz CT molecular complexity index is 1200. The first-order chi connectivity index (χ1) is 16.7. The highest BCUT2D eigenvalue weighted by Crippen LogP contribution is 2.71. The minimum absolute atomic E-state index is 0.0373. The number of hydrogen-bond donors (Lipinski definition) is 3. The van der Waals surface area contributed by atoms with Gasteiger partial charge < -0.3 is 20.1 Å². The van der Waals surface area contributed by atoms with Crippen molar-refractivity contribution < 1.29 is 29.6 Å². The standard InChI is InChI=1S/C30H38O6/c1-14-8-15(2)22(16(3)9-14)27(34)36-26-17(4)12-29-18(5)10-21-23(28(21,6)7)20(25(29)33)11-19(13-31)24(32)30(26,29)35/h8-9,11-12,18,20-21,23-24,26,31-32,35H,10,13H2,1-7H3/t18-,20?,21-,23+,24-,26+,29+,30+/m1/s1. The number of fused-ring (bicyclic) bond motifs is 3. The second kappa shape index (κ2) is 7.86. The van der Waals surface area contributed by atoms with E-state index in [4.69, 9.17) is 4.74 Å². The fourth-order valence-electron chi connectivity index (χ4n) is 8.26. The summed E-state index contributed by atoms with van der Waals surface area (Å²) < 4.78 is 6.03. The number of aliphatic hydroxyl groups is 3. The molecule has 6 heteroatoms. The van der Waals surface area contributed by atoms with Crippen molar-refractivity contribution in [1.82, 2.24) is 0 Å². The van der Waals surface area contributed by atoms with Crippen LogP contribution in [0.4, 0.5) is 0 Å². The maximum absolute atomic E-state index is 14.4. The molecular formula is C30H38O6. The number of ether oxygens (including phenoxy) is 1. The van der Waals surface area contributed by atoms with Gasteiger partial charge in [-0.1, -0.05) is 50.6 Å². The molecule has 4 aliphatic carbocycles. The lowest BCUT2D eigenvalue weighted by molar-refractivity contribution is -0.190. The van der Waals surface area contributed by atoms with Crippen molar-refractivity contribution in [2.75, 3.05) is 6.61 Å². The molecule has 1 unspecified atom stereocenters. The minimum atomic E-state index is -2.13. The molecule has 36 heavy (non-hydrogen) atoms. The fourth-order valence-corrected chi connectivity index (χ4v) is 8.26. The first kappa shape index (κ1) is 25.4. The molecule has 0 heterocycles. The van der Waals surface area contributed by atoms with Gasteiger partial charge in [-0.05, 0) is 79.6 Å². The van der Waals surface area contributed by atoms with Gasteiger partial charge in [0.1, 0.15) is 6.10 Å². The zero-order valence-electron chi connectivity index (χ0n) is 22.3. The number of benzene rings is 1. The van der Waals surface area contributed by atoms with E-state index in [0.717, 1.165) is 23.1 Å². The number of esters is 1. The third kappa shape index (κ3) is 3.01. The van der Waals surface area contributed by atoms with Crippen LogP contribution in [0, 0.1) is 55.3 Å². The minimum Gasteiger partial charge on any atom is -0.451 e. The van der Waals surface area contributed by atoms with Gasteiger partial charge in [-0.2, -0.15) is 0 Å². The van der Waals surface area contributed by atoms with Gasteiger partial charge in [0.15, 0.2) is 17.5 Å². The Morgan fingerprint density at radius 2 is 1.75 bits per heavy atom. The van der Waals surface area contributed by atoms with Crippen LogP contribution in [0.1, 0.15) is 61.2 Å². The van der Waals surface area contributed by atoms with E-state index >= 15 is 0 Å². The lowest BCUT2D eigenvalue weighted by Crippen LogP contribution is -2.65. The highest BCUT2D eigenvalue weighted by atomic mass is 16.6. The van der Waals surface area contributed by atoms with E-state index in [0.29, 0.717) is 17.1 Å². The summed E-state index contributed by atoms with van der Waals surface area (Å²) in [5.74, 6) is -1.20. The summed E-state index contributed by atoms with van der Waals surface area (Å²) in [6, 6.07) is 3.81. The maximum Gasteiger partial charge on any atom is 0.339 e. The average molecular weight is 495 g/mol. The predicted octanol–water partition coefficient (Wildman–Crippen LogP) is 3.61. The molecule has 8 atom stereocenters. The summed E-state index contributed by atoms with van der Waals surface area (Å²) in [7, 11) is 0. The molecule has 2 fully saturated rings. The van der Waals surface area contributed by atoms with Gasteiger partial charge in [-0.25, -0.2) is 4.79 Å². The monoisotopic (exact) mass is 494 g/mol. The predicted molar refractivity (Wildman–Crippen MR) is 135 cm³/mol. The quantitative estimate of drug-likeness (QED) is 0.438. The van der Waals surface area contributed by atoms with Crippen LogP contribution in [-0.4, -0.2) is 51.5 Å². The highest BCUT2D eigenvalue weighted by molar-refractivity contribution is 5.96. The molecule has 5 rings (SSSR count). The van der Waals surface area contributed by atoms with Gasteiger partial charge in [-0.3, -0.25) is 4.79 Å². The number of hydrogen-bond acceptors (Lipinski definition) is 6. The van der Waals surface area contributed by atoms with Crippen LogP contribution in [0.15, 0.2) is 35.4 Å². The number of allylic oxidation sites excluding steroid dienone is 1. The van der Waals surface area contributed by atoms with Crippen molar-refractivity contribution in [1.29, 1.82) is 0 Å². The molecule has 2 bridgehead atoms. The Morgan fingerprint density at radius 1 is 1.14 bits per heavy atom. The molecule has 2 saturated carbocycles. The van der Waals surface area contributed by atoms with Crippen LogP contribution in [0.2, 0.25) is 0 Å². The van der Waals surface area contributed by atoms with E-state index in [1.54, 1.807) is 19.1 Å². The largest absolute Gasteiger partial charge is 0.451 e. The second-order valence-electron chi connectivity index (χ2n) is 12.4. The number of rotatable bonds is 3. The van der Waals surface area contributed by atoms with Gasteiger partial charge in [0.25, 0.3) is 0 Å². The molecule has 0 saturated heterocycles. The molecule has 4 aliphatic rings. The van der Waals surface area contributed by atoms with Crippen LogP contribution in [-0.2, 0) is 9.53 Å². The third-order valence-corrected chi connectivity index (χ3v) is 10.0. The van der Waals surface area contributed by atoms with E-state index in [9.17, 15) is 24.9 Å². The van der Waals surface area contributed by atoms with E-state index in [1.807, 2.05) is 39.8 Å². The molecule has 1 spiro atoms. The van der Waals surface area contributed by atoms with Crippen molar-refractivity contribution in [2.24, 2.45) is 34.5 Å². The SMILES string of the molecule is CC1=C[C@]23C(=O)C(C=C(CO)[C@@H](O)[C@]2(O)[C@H]1OC(=O)c1c(C)cc(C)cc1C)[C@H]1[C@@H](C[C@H]3C)C1(C)C. The molecule has 1 aromatic carbocycles. The molecule has 3 N–H and O–H groups in total. The Kier molecular flexibility index (Phi) is 5.54. The van der Waals surface area contributed by atoms with Crippen LogP contribution in [0.25, 0.3) is 0 Å². The lowest BCUT2D eigenvalue weighted by atomic mass is 9.59. The van der Waals surface area contributed by atoms with E-state index < -0.39 is 41.7 Å². The van der Waals surface area contributed by atoms with Crippen LogP contribution < -0.4 is 0 Å². The summed E-state index contributed by atoms with van der Waals surface area (Å²) >= 11 is 0. The van der Waals surface area contributed by atoms with E-state index in [1.165, 1.54) is 0 Å². The average Bonchev–Trinajstić information content (AvgIpc) is 3.27. The molecule has 0 radical (unpaired) electrons. The molecule has 6 nitrogen and oxygen atoms in total. The molecule has 1 aromatic rings. The van der Waals surface area contributed by atoms with Gasteiger partial charge in [0, 0.05) is 5.92 Å². The Labute approximate surface area is 213 Å². The van der Waals surface area contributed by atoms with Gasteiger partial charge in [-0.15, -0.1) is 0 Å². The zero-order chi connectivity index (χ0) is 26.5. The lowest BCUT2D eigenvalue weighted by Gasteiger charge is -2.48. The summed E-state index contributed by atoms with van der Waals surface area (Å²) in [5, 5.41) is 34.4. The number of ketones is 1. The Balaban J connectivity index is 1.64. The number of aryl methyl sites for hydroxylation is 3. The summed E-state index contributed by atoms with van der Waals surface area (Å²) in [4.78, 5) is 27.9. The first-order valence-electron chi connectivity index (χ1n) is 13.0.